The predicted molar refractivity (Wildman–Crippen MR) is 78.1 cm³/mol. The van der Waals surface area contributed by atoms with Gasteiger partial charge in [0.1, 0.15) is 0 Å². The van der Waals surface area contributed by atoms with E-state index in [1.54, 1.807) is 0 Å². The van der Waals surface area contributed by atoms with Crippen LogP contribution in [-0.4, -0.2) is 34.3 Å². The molecule has 4 N–H and O–H groups in total. The maximum absolute atomic E-state index is 12.1. The third-order valence-electron chi connectivity index (χ3n) is 2.88. The maximum Gasteiger partial charge on any atom is 0.240 e. The van der Waals surface area contributed by atoms with E-state index in [1.807, 2.05) is 7.05 Å². The highest BCUT2D eigenvalue weighted by molar-refractivity contribution is 7.89. The highest BCUT2D eigenvalue weighted by atomic mass is 32.2. The van der Waals surface area contributed by atoms with Crippen molar-refractivity contribution in [2.24, 2.45) is 5.73 Å². The molecule has 0 unspecified atom stereocenters. The lowest BCUT2D eigenvalue weighted by molar-refractivity contribution is 0.101. The van der Waals surface area contributed by atoms with Gasteiger partial charge >= 0.3 is 0 Å². The van der Waals surface area contributed by atoms with Crippen LogP contribution < -0.4 is 15.8 Å². The molecule has 1 rings (SSSR count). The van der Waals surface area contributed by atoms with Crippen LogP contribution in [0.15, 0.2) is 23.1 Å². The zero-order valence-corrected chi connectivity index (χ0v) is 12.6. The monoisotopic (exact) mass is 299 g/mol. The van der Waals surface area contributed by atoms with Gasteiger partial charge in [-0.1, -0.05) is 0 Å². The molecule has 0 atom stereocenters. The number of nitrogens with two attached hydrogens (primary N) is 1. The first-order chi connectivity index (χ1) is 9.42. The minimum atomic E-state index is -3.56. The summed E-state index contributed by atoms with van der Waals surface area (Å²) in [6.07, 6.45) is 0.699. The predicted octanol–water partition coefficient (Wildman–Crippen LogP) is 0.236. The Balaban J connectivity index is 2.93. The van der Waals surface area contributed by atoms with Gasteiger partial charge in [-0.2, -0.15) is 0 Å². The molecule has 7 heteroatoms. The Bertz CT molecular complexity index is 570. The summed E-state index contributed by atoms with van der Waals surface area (Å²) in [5, 5.41) is 2.94. The molecule has 0 spiro atoms. The van der Waals surface area contributed by atoms with Crippen LogP contribution in [0.2, 0.25) is 0 Å². The average Bonchev–Trinajstić information content (AvgIpc) is 2.42. The van der Waals surface area contributed by atoms with Gasteiger partial charge in [0.15, 0.2) is 5.78 Å². The van der Waals surface area contributed by atoms with E-state index < -0.39 is 10.0 Å². The van der Waals surface area contributed by atoms with Crippen LogP contribution >= 0.6 is 0 Å². The molecule has 0 bridgehead atoms. The van der Waals surface area contributed by atoms with Crippen molar-refractivity contribution in [1.29, 1.82) is 0 Å². The molecule has 0 fully saturated rings. The molecule has 1 aromatic rings. The fourth-order valence-corrected chi connectivity index (χ4v) is 2.93. The van der Waals surface area contributed by atoms with Crippen LogP contribution in [0, 0.1) is 0 Å². The van der Waals surface area contributed by atoms with Crippen LogP contribution in [0.3, 0.4) is 0 Å². The average molecular weight is 299 g/mol. The summed E-state index contributed by atoms with van der Waals surface area (Å²) in [5.74, 6) is -0.128. The van der Waals surface area contributed by atoms with Gasteiger partial charge in [-0.3, -0.25) is 4.79 Å². The number of Topliss-reactive ketones (excluding diaryl/α,β-unsaturated/α-hetero) is 1. The molecule has 20 heavy (non-hydrogen) atoms. The number of sulfonamides is 1. The van der Waals surface area contributed by atoms with Gasteiger partial charge in [0.05, 0.1) is 4.90 Å². The van der Waals surface area contributed by atoms with Crippen LogP contribution in [0.4, 0.5) is 0 Å². The third kappa shape index (κ3) is 4.38. The van der Waals surface area contributed by atoms with Gasteiger partial charge in [0, 0.05) is 18.7 Å². The highest BCUT2D eigenvalue weighted by Gasteiger charge is 2.16. The lowest BCUT2D eigenvalue weighted by Crippen LogP contribution is -2.27. The summed E-state index contributed by atoms with van der Waals surface area (Å²) >= 11 is 0. The molecule has 0 saturated carbocycles. The summed E-state index contributed by atoms with van der Waals surface area (Å²) in [6.45, 7) is 2.64. The Kier molecular flexibility index (Phi) is 6.28. The largest absolute Gasteiger partial charge is 0.326 e. The molecular weight excluding hydrogens is 278 g/mol. The number of hydrogen-bond donors (Lipinski definition) is 3. The quantitative estimate of drug-likeness (QED) is 0.471. The van der Waals surface area contributed by atoms with Gasteiger partial charge in [-0.05, 0) is 50.7 Å². The molecule has 6 nitrogen and oxygen atoms in total. The molecule has 0 radical (unpaired) electrons. The second-order valence-electron chi connectivity index (χ2n) is 4.43. The van der Waals surface area contributed by atoms with E-state index in [-0.39, 0.29) is 17.2 Å². The molecule has 0 heterocycles. The Morgan fingerprint density at radius 2 is 2.00 bits per heavy atom. The first-order valence-corrected chi connectivity index (χ1v) is 7.89. The first-order valence-electron chi connectivity index (χ1n) is 6.40. The van der Waals surface area contributed by atoms with Crippen molar-refractivity contribution in [2.45, 2.75) is 24.8 Å². The molecule has 0 aliphatic carbocycles. The molecular formula is C13H21N3O3S. The lowest BCUT2D eigenvalue weighted by Gasteiger charge is -2.10. The van der Waals surface area contributed by atoms with E-state index in [0.29, 0.717) is 24.1 Å². The summed E-state index contributed by atoms with van der Waals surface area (Å²) in [6, 6.07) is 4.39. The smallest absolute Gasteiger partial charge is 0.240 e. The number of carbonyl (C=O) groups excluding carboxylic acids is 1. The van der Waals surface area contributed by atoms with Crippen LogP contribution in [0.5, 0.6) is 0 Å². The summed E-state index contributed by atoms with van der Waals surface area (Å²) in [4.78, 5) is 11.5. The lowest BCUT2D eigenvalue weighted by atomic mass is 10.0. The Morgan fingerprint density at radius 1 is 1.30 bits per heavy atom. The maximum atomic E-state index is 12.1. The van der Waals surface area contributed by atoms with E-state index in [2.05, 4.69) is 10.0 Å². The van der Waals surface area contributed by atoms with Crippen molar-refractivity contribution in [2.75, 3.05) is 20.1 Å². The second kappa shape index (κ2) is 7.49. The van der Waals surface area contributed by atoms with Crippen LogP contribution in [0.1, 0.15) is 29.3 Å². The summed E-state index contributed by atoms with van der Waals surface area (Å²) in [5.41, 5.74) is 6.56. The number of rotatable bonds is 8. The van der Waals surface area contributed by atoms with Crippen LogP contribution in [0.25, 0.3) is 0 Å². The van der Waals surface area contributed by atoms with Gasteiger partial charge in [0.2, 0.25) is 10.0 Å². The van der Waals surface area contributed by atoms with Crippen molar-refractivity contribution >= 4 is 15.8 Å². The summed E-state index contributed by atoms with van der Waals surface area (Å²) in [7, 11) is -1.75. The normalized spacial score (nSPS) is 11.6. The number of hydrogen-bond acceptors (Lipinski definition) is 5. The fraction of sp³-hybridized carbons (Fsp3) is 0.462. The molecule has 0 aromatic heterocycles. The standard InChI is InChI=1S/C13H21N3O3S/c1-10(17)13-5-4-12(8-11(13)9-14)20(18,19)16-7-3-6-15-2/h4-5,8,15-16H,3,6-7,9,14H2,1-2H3. The number of nitrogens with one attached hydrogen (secondary N) is 2. The molecule has 112 valence electrons. The second-order valence-corrected chi connectivity index (χ2v) is 6.20. The van der Waals surface area contributed by atoms with E-state index in [0.717, 1.165) is 6.54 Å². The van der Waals surface area contributed by atoms with E-state index in [1.165, 1.54) is 25.1 Å². The fourth-order valence-electron chi connectivity index (χ4n) is 1.80. The number of ketones is 1. The molecule has 0 amide bonds. The van der Waals surface area contributed by atoms with E-state index in [9.17, 15) is 13.2 Å². The van der Waals surface area contributed by atoms with Gasteiger partial charge in [-0.25, -0.2) is 13.1 Å². The SMILES string of the molecule is CNCCCNS(=O)(=O)c1ccc(C(C)=O)c(CN)c1. The van der Waals surface area contributed by atoms with Crippen molar-refractivity contribution in [3.63, 3.8) is 0 Å². The highest BCUT2D eigenvalue weighted by Crippen LogP contribution is 2.16. The molecule has 0 aliphatic heterocycles. The van der Waals surface area contributed by atoms with Crippen molar-refractivity contribution < 1.29 is 13.2 Å². The van der Waals surface area contributed by atoms with E-state index >= 15 is 0 Å². The Labute approximate surface area is 119 Å². The van der Waals surface area contributed by atoms with Crippen molar-refractivity contribution in [1.82, 2.24) is 10.0 Å². The number of benzene rings is 1. The first kappa shape index (κ1) is 16.8. The molecule has 1 aromatic carbocycles. The number of carbonyl (C=O) groups is 1. The van der Waals surface area contributed by atoms with Crippen molar-refractivity contribution in [3.05, 3.63) is 29.3 Å². The molecule has 0 saturated heterocycles. The van der Waals surface area contributed by atoms with Crippen molar-refractivity contribution in [3.8, 4) is 0 Å². The van der Waals surface area contributed by atoms with Gasteiger partial charge in [0.25, 0.3) is 0 Å². The Hall–Kier alpha value is -1.28. The minimum absolute atomic E-state index is 0.123. The summed E-state index contributed by atoms with van der Waals surface area (Å²) < 4.78 is 26.7. The zero-order valence-electron chi connectivity index (χ0n) is 11.8. The Morgan fingerprint density at radius 3 is 2.55 bits per heavy atom. The van der Waals surface area contributed by atoms with Crippen LogP contribution in [-0.2, 0) is 16.6 Å². The molecule has 0 aliphatic rings. The van der Waals surface area contributed by atoms with Gasteiger partial charge < -0.3 is 11.1 Å². The minimum Gasteiger partial charge on any atom is -0.326 e. The van der Waals surface area contributed by atoms with Gasteiger partial charge in [-0.15, -0.1) is 0 Å². The third-order valence-corrected chi connectivity index (χ3v) is 4.34. The zero-order chi connectivity index (χ0) is 15.2. The topological polar surface area (TPSA) is 101 Å². The van der Waals surface area contributed by atoms with E-state index in [4.69, 9.17) is 5.73 Å².